The molecule has 12 nitrogen and oxygen atoms in total. The number of carboxylic acids is 2. The zero-order chi connectivity index (χ0) is 32.6. The van der Waals surface area contributed by atoms with Crippen molar-refractivity contribution in [3.63, 3.8) is 0 Å². The number of carbonyl (C=O) groups is 2. The van der Waals surface area contributed by atoms with Gasteiger partial charge in [0.25, 0.3) is 20.0 Å². The Kier molecular flexibility index (Phi) is 8.25. The SMILES string of the molecule is O=C(O)CN(c1ccc(N(CC(=O)O)S(=O)(=O)c2ccc3c(c2)OCCC3)c2ccccc12)S(=O)(=O)c1ccc2c(c1)CCCO2. The zero-order valence-electron chi connectivity index (χ0n) is 24.5. The molecule has 0 radical (unpaired) electrons. The number of sulfonamides is 2. The van der Waals surface area contributed by atoms with Crippen LogP contribution in [0, 0.1) is 0 Å². The van der Waals surface area contributed by atoms with Gasteiger partial charge in [0.2, 0.25) is 0 Å². The molecule has 0 aliphatic carbocycles. The number of rotatable bonds is 10. The van der Waals surface area contributed by atoms with Crippen LogP contribution in [0.4, 0.5) is 11.4 Å². The van der Waals surface area contributed by atoms with E-state index in [-0.39, 0.29) is 31.9 Å². The summed E-state index contributed by atoms with van der Waals surface area (Å²) in [6.45, 7) is -0.919. The predicted octanol–water partition coefficient (Wildman–Crippen LogP) is 4.05. The van der Waals surface area contributed by atoms with Gasteiger partial charge in [-0.3, -0.25) is 18.2 Å². The highest BCUT2D eigenvalue weighted by Gasteiger charge is 2.33. The highest BCUT2D eigenvalue weighted by molar-refractivity contribution is 7.93. The number of carboxylic acid groups (broad SMARTS) is 2. The van der Waals surface area contributed by atoms with Crippen LogP contribution in [0.3, 0.4) is 0 Å². The van der Waals surface area contributed by atoms with Crippen molar-refractivity contribution < 1.29 is 46.1 Å². The topological polar surface area (TPSA) is 168 Å². The summed E-state index contributed by atoms with van der Waals surface area (Å²) in [5.74, 6) is -1.86. The van der Waals surface area contributed by atoms with Crippen LogP contribution in [0.5, 0.6) is 11.5 Å². The summed E-state index contributed by atoms with van der Waals surface area (Å²) in [7, 11) is -8.92. The zero-order valence-corrected chi connectivity index (χ0v) is 26.1. The van der Waals surface area contributed by atoms with Crippen molar-refractivity contribution in [2.45, 2.75) is 35.5 Å². The third-order valence-electron chi connectivity index (χ3n) is 7.92. The highest BCUT2D eigenvalue weighted by Crippen LogP contribution is 2.40. The van der Waals surface area contributed by atoms with Gasteiger partial charge in [0.1, 0.15) is 24.6 Å². The third-order valence-corrected chi connectivity index (χ3v) is 11.4. The molecule has 2 aliphatic heterocycles. The second-order valence-corrected chi connectivity index (χ2v) is 14.6. The van der Waals surface area contributed by atoms with E-state index in [1.165, 1.54) is 48.5 Å². The van der Waals surface area contributed by atoms with Gasteiger partial charge >= 0.3 is 11.9 Å². The second-order valence-electron chi connectivity index (χ2n) is 10.9. The maximum atomic E-state index is 14.0. The quantitative estimate of drug-likeness (QED) is 0.252. The summed E-state index contributed by atoms with van der Waals surface area (Å²) in [5.41, 5.74) is 1.48. The molecule has 2 aliphatic rings. The number of fused-ring (bicyclic) bond motifs is 3. The van der Waals surface area contributed by atoms with Gasteiger partial charge in [0.05, 0.1) is 34.4 Å². The second kappa shape index (κ2) is 12.2. The standard InChI is InChI=1S/C32H30N2O10S2/c35-31(36)19-33(45(39,40)23-11-14-29-22(17-23)6-4-15-43-29)27-12-13-28(26-8-2-1-7-25(26)27)34(20-32(37)38)46(41,42)24-10-9-21-5-3-16-44-30(21)18-24/h1-2,7-14,17-18H,3-6,15-16,19-20H2,(H,35,36)(H,37,38). The Balaban J connectivity index is 1.49. The van der Waals surface area contributed by atoms with Gasteiger partial charge < -0.3 is 19.7 Å². The monoisotopic (exact) mass is 666 g/mol. The molecule has 0 bridgehead atoms. The van der Waals surface area contributed by atoms with Crippen LogP contribution in [0.1, 0.15) is 24.0 Å². The van der Waals surface area contributed by atoms with E-state index in [4.69, 9.17) is 9.47 Å². The molecule has 0 fully saturated rings. The minimum Gasteiger partial charge on any atom is -0.493 e. The lowest BCUT2D eigenvalue weighted by Gasteiger charge is -2.28. The Morgan fingerprint density at radius 3 is 1.70 bits per heavy atom. The lowest BCUT2D eigenvalue weighted by Crippen LogP contribution is -2.37. The van der Waals surface area contributed by atoms with Crippen molar-refractivity contribution in [2.75, 3.05) is 34.9 Å². The summed E-state index contributed by atoms with van der Waals surface area (Å²) >= 11 is 0. The number of hydrogen-bond acceptors (Lipinski definition) is 8. The summed E-state index contributed by atoms with van der Waals surface area (Å²) < 4.78 is 68.9. The molecule has 0 amide bonds. The number of ether oxygens (including phenoxy) is 2. The Hall–Kier alpha value is -4.82. The fourth-order valence-electron chi connectivity index (χ4n) is 5.78. The van der Waals surface area contributed by atoms with E-state index in [0.29, 0.717) is 43.1 Å². The molecule has 0 saturated carbocycles. The van der Waals surface area contributed by atoms with Gasteiger partial charge in [-0.2, -0.15) is 0 Å². The summed E-state index contributed by atoms with van der Waals surface area (Å²) in [6.07, 6.45) is 2.81. The maximum absolute atomic E-state index is 14.0. The highest BCUT2D eigenvalue weighted by atomic mass is 32.2. The molecule has 6 rings (SSSR count). The fraction of sp³-hybridized carbons (Fsp3) is 0.250. The Morgan fingerprint density at radius 1 is 0.630 bits per heavy atom. The molecular formula is C32H30N2O10S2. The van der Waals surface area contributed by atoms with Crippen molar-refractivity contribution in [3.05, 3.63) is 83.9 Å². The molecule has 4 aromatic carbocycles. The van der Waals surface area contributed by atoms with Gasteiger partial charge in [0.15, 0.2) is 0 Å². The first kappa shape index (κ1) is 31.2. The Labute approximate surface area is 265 Å². The van der Waals surface area contributed by atoms with Crippen LogP contribution in [-0.4, -0.2) is 65.3 Å². The van der Waals surface area contributed by atoms with Crippen LogP contribution in [0.25, 0.3) is 10.8 Å². The van der Waals surface area contributed by atoms with E-state index in [9.17, 15) is 36.6 Å². The van der Waals surface area contributed by atoms with Crippen molar-refractivity contribution in [2.24, 2.45) is 0 Å². The van der Waals surface area contributed by atoms with Crippen LogP contribution in [0.15, 0.2) is 82.6 Å². The first-order valence-electron chi connectivity index (χ1n) is 14.5. The van der Waals surface area contributed by atoms with E-state index in [2.05, 4.69) is 0 Å². The van der Waals surface area contributed by atoms with Crippen LogP contribution >= 0.6 is 0 Å². The van der Waals surface area contributed by atoms with E-state index < -0.39 is 45.1 Å². The van der Waals surface area contributed by atoms with Crippen LogP contribution in [-0.2, 0) is 42.5 Å². The fourth-order valence-corrected chi connectivity index (χ4v) is 8.71. The average Bonchev–Trinajstić information content (AvgIpc) is 3.05. The molecule has 4 aromatic rings. The number of anilines is 2. The Bertz CT molecular complexity index is 1930. The summed E-state index contributed by atoms with van der Waals surface area (Å²) in [5, 5.41) is 20.0. The van der Waals surface area contributed by atoms with Crippen molar-refractivity contribution >= 4 is 54.1 Å². The lowest BCUT2D eigenvalue weighted by molar-refractivity contribution is -0.136. The Morgan fingerprint density at radius 2 is 1.13 bits per heavy atom. The maximum Gasteiger partial charge on any atom is 0.324 e. The average molecular weight is 667 g/mol. The van der Waals surface area contributed by atoms with E-state index >= 15 is 0 Å². The molecule has 0 aromatic heterocycles. The van der Waals surface area contributed by atoms with Crippen molar-refractivity contribution in [1.29, 1.82) is 0 Å². The number of benzene rings is 4. The summed E-state index contributed by atoms with van der Waals surface area (Å²) in [6, 6.07) is 17.6. The largest absolute Gasteiger partial charge is 0.493 e. The first-order chi connectivity index (χ1) is 22.0. The first-order valence-corrected chi connectivity index (χ1v) is 17.4. The van der Waals surface area contributed by atoms with E-state index in [0.717, 1.165) is 27.0 Å². The number of aryl methyl sites for hydroxylation is 2. The molecule has 14 heteroatoms. The lowest BCUT2D eigenvalue weighted by atomic mass is 10.1. The number of hydrogen-bond donors (Lipinski definition) is 2. The molecule has 0 spiro atoms. The van der Waals surface area contributed by atoms with Gasteiger partial charge in [0, 0.05) is 16.8 Å². The minimum atomic E-state index is -4.47. The molecular weight excluding hydrogens is 636 g/mol. The number of aliphatic carboxylic acids is 2. The molecule has 0 saturated heterocycles. The predicted molar refractivity (Wildman–Crippen MR) is 169 cm³/mol. The van der Waals surface area contributed by atoms with Crippen molar-refractivity contribution in [3.8, 4) is 11.5 Å². The molecule has 0 atom stereocenters. The van der Waals surface area contributed by atoms with Gasteiger partial charge in [-0.25, -0.2) is 16.8 Å². The normalized spacial score (nSPS) is 14.3. The van der Waals surface area contributed by atoms with Crippen molar-refractivity contribution in [1.82, 2.24) is 0 Å². The molecule has 2 N–H and O–H groups in total. The smallest absolute Gasteiger partial charge is 0.324 e. The third kappa shape index (κ3) is 5.81. The van der Waals surface area contributed by atoms with E-state index in [1.54, 1.807) is 24.3 Å². The molecule has 240 valence electrons. The summed E-state index contributed by atoms with van der Waals surface area (Å²) in [4.78, 5) is 23.8. The van der Waals surface area contributed by atoms with Crippen LogP contribution in [0.2, 0.25) is 0 Å². The van der Waals surface area contributed by atoms with Gasteiger partial charge in [-0.1, -0.05) is 30.3 Å². The van der Waals surface area contributed by atoms with E-state index in [1.807, 2.05) is 0 Å². The number of nitrogens with zero attached hydrogens (tertiary/aromatic N) is 2. The van der Waals surface area contributed by atoms with Gasteiger partial charge in [-0.05, 0) is 73.2 Å². The molecule has 2 heterocycles. The molecule has 46 heavy (non-hydrogen) atoms. The van der Waals surface area contributed by atoms with Gasteiger partial charge in [-0.15, -0.1) is 0 Å². The molecule has 0 unspecified atom stereocenters. The minimum absolute atomic E-state index is 0.0226. The van der Waals surface area contributed by atoms with Crippen LogP contribution < -0.4 is 18.1 Å².